The lowest BCUT2D eigenvalue weighted by Gasteiger charge is -2.18. The Morgan fingerprint density at radius 3 is 2.44 bits per heavy atom. The summed E-state index contributed by atoms with van der Waals surface area (Å²) in [5, 5.41) is 9.19. The summed E-state index contributed by atoms with van der Waals surface area (Å²) < 4.78 is 16.9. The van der Waals surface area contributed by atoms with E-state index in [1.165, 1.54) is 17.3 Å². The number of nitrogens with zero attached hydrogens (tertiary/aromatic N) is 3. The molecule has 0 spiro atoms. The zero-order valence-electron chi connectivity index (χ0n) is 23.3. The van der Waals surface area contributed by atoms with Crippen LogP contribution in [0, 0.1) is 5.92 Å². The number of methoxy groups -OCH3 is 1. The second-order valence-electron chi connectivity index (χ2n) is 10.7. The van der Waals surface area contributed by atoms with E-state index >= 15 is 0 Å². The van der Waals surface area contributed by atoms with Crippen molar-refractivity contribution in [2.45, 2.75) is 46.6 Å². The number of furan rings is 1. The van der Waals surface area contributed by atoms with Crippen LogP contribution in [0.5, 0.6) is 11.5 Å². The average molecular weight is 546 g/mol. The zero-order valence-corrected chi connectivity index (χ0v) is 24.1. The molecular formula is C31H35N3O4S. The lowest BCUT2D eigenvalue weighted by molar-refractivity contribution is -0.122. The van der Waals surface area contributed by atoms with E-state index in [9.17, 15) is 4.79 Å². The van der Waals surface area contributed by atoms with E-state index < -0.39 is 0 Å². The summed E-state index contributed by atoms with van der Waals surface area (Å²) in [5.41, 5.74) is 3.08. The van der Waals surface area contributed by atoms with Crippen LogP contribution in [-0.4, -0.2) is 35.9 Å². The van der Waals surface area contributed by atoms with Gasteiger partial charge in [0.2, 0.25) is 0 Å². The number of thioether (sulfide) groups is 1. The SMILES string of the molecule is COc1cc(/C=C2\S/C(=N\N=C\c3ccc(C(C)(C)C)cc3)N(Cc3ccco3)C2=O)ccc1OCC(C)C. The molecule has 4 rings (SSSR count). The van der Waals surface area contributed by atoms with Gasteiger partial charge in [-0.25, -0.2) is 0 Å². The number of ether oxygens (including phenoxy) is 2. The van der Waals surface area contributed by atoms with Crippen LogP contribution in [0.2, 0.25) is 0 Å². The molecule has 0 aliphatic carbocycles. The molecule has 0 bridgehead atoms. The number of hydrogen-bond donors (Lipinski definition) is 0. The Morgan fingerprint density at radius 2 is 1.79 bits per heavy atom. The summed E-state index contributed by atoms with van der Waals surface area (Å²) in [4.78, 5) is 15.5. The minimum Gasteiger partial charge on any atom is -0.493 e. The summed E-state index contributed by atoms with van der Waals surface area (Å²) in [5.74, 6) is 2.17. The molecule has 1 amide bonds. The number of benzene rings is 2. The third-order valence-corrected chi connectivity index (χ3v) is 6.96. The first kappa shape index (κ1) is 28.2. The summed E-state index contributed by atoms with van der Waals surface area (Å²) in [6.07, 6.45) is 5.11. The molecule has 2 heterocycles. The van der Waals surface area contributed by atoms with E-state index in [1.54, 1.807) is 30.6 Å². The van der Waals surface area contributed by atoms with Gasteiger partial charge in [-0.05, 0) is 70.1 Å². The highest BCUT2D eigenvalue weighted by atomic mass is 32.2. The maximum absolute atomic E-state index is 13.4. The van der Waals surface area contributed by atoms with Crippen molar-refractivity contribution in [1.82, 2.24) is 4.90 Å². The first-order chi connectivity index (χ1) is 18.6. The topological polar surface area (TPSA) is 76.6 Å². The molecule has 1 aliphatic heterocycles. The van der Waals surface area contributed by atoms with Crippen molar-refractivity contribution in [2.75, 3.05) is 13.7 Å². The van der Waals surface area contributed by atoms with Gasteiger partial charge in [0.15, 0.2) is 16.7 Å². The molecule has 0 N–H and O–H groups in total. The fraction of sp³-hybridized carbons (Fsp3) is 0.323. The summed E-state index contributed by atoms with van der Waals surface area (Å²) >= 11 is 1.28. The van der Waals surface area contributed by atoms with Gasteiger partial charge in [-0.15, -0.1) is 5.10 Å². The van der Waals surface area contributed by atoms with Gasteiger partial charge in [-0.3, -0.25) is 9.69 Å². The van der Waals surface area contributed by atoms with Crippen LogP contribution in [-0.2, 0) is 16.8 Å². The molecule has 2 aromatic carbocycles. The number of carbonyl (C=O) groups excluding carboxylic acids is 1. The van der Waals surface area contributed by atoms with E-state index in [0.717, 1.165) is 11.1 Å². The number of carbonyl (C=O) groups is 1. The standard InChI is InChI=1S/C31H35N3O4S/c1-21(2)20-38-26-14-11-23(16-27(26)36-6)17-28-29(35)34(19-25-8-7-15-37-25)30(39-28)33-32-18-22-9-12-24(13-10-22)31(3,4)5/h7-18,21H,19-20H2,1-6H3/b28-17-,32-18+,33-30-. The predicted molar refractivity (Wildman–Crippen MR) is 158 cm³/mol. The Morgan fingerprint density at radius 1 is 1.05 bits per heavy atom. The molecule has 3 aromatic rings. The Labute approximate surface area is 234 Å². The monoisotopic (exact) mass is 545 g/mol. The number of hydrogen-bond acceptors (Lipinski definition) is 7. The Bertz CT molecular complexity index is 1370. The molecule has 0 unspecified atom stereocenters. The van der Waals surface area contributed by atoms with Gasteiger partial charge < -0.3 is 13.9 Å². The summed E-state index contributed by atoms with van der Waals surface area (Å²) in [6.45, 7) is 11.6. The lowest BCUT2D eigenvalue weighted by atomic mass is 9.87. The summed E-state index contributed by atoms with van der Waals surface area (Å²) in [7, 11) is 1.61. The Balaban J connectivity index is 1.58. The summed E-state index contributed by atoms with van der Waals surface area (Å²) in [6, 6.07) is 17.5. The van der Waals surface area contributed by atoms with Crippen molar-refractivity contribution < 1.29 is 18.7 Å². The van der Waals surface area contributed by atoms with Crippen LogP contribution in [0.1, 0.15) is 57.1 Å². The van der Waals surface area contributed by atoms with Gasteiger partial charge in [0, 0.05) is 0 Å². The second kappa shape index (κ2) is 12.4. The highest BCUT2D eigenvalue weighted by molar-refractivity contribution is 8.18. The first-order valence-electron chi connectivity index (χ1n) is 12.9. The Hall–Kier alpha value is -3.78. The molecule has 39 heavy (non-hydrogen) atoms. The van der Waals surface area contributed by atoms with Crippen LogP contribution in [0.4, 0.5) is 0 Å². The van der Waals surface area contributed by atoms with Crippen molar-refractivity contribution in [1.29, 1.82) is 0 Å². The van der Waals surface area contributed by atoms with Gasteiger partial charge in [-0.2, -0.15) is 5.10 Å². The van der Waals surface area contributed by atoms with Crippen LogP contribution >= 0.6 is 11.8 Å². The smallest absolute Gasteiger partial charge is 0.267 e. The molecule has 0 saturated carbocycles. The number of amides is 1. The van der Waals surface area contributed by atoms with Crippen molar-refractivity contribution in [3.8, 4) is 11.5 Å². The minimum absolute atomic E-state index is 0.0806. The molecule has 8 heteroatoms. The van der Waals surface area contributed by atoms with Crippen molar-refractivity contribution >= 4 is 35.1 Å². The first-order valence-corrected chi connectivity index (χ1v) is 13.7. The molecule has 1 aliphatic rings. The van der Waals surface area contributed by atoms with E-state index in [-0.39, 0.29) is 17.9 Å². The third-order valence-electron chi connectivity index (χ3n) is 5.97. The molecular weight excluding hydrogens is 510 g/mol. The molecule has 1 saturated heterocycles. The predicted octanol–water partition coefficient (Wildman–Crippen LogP) is 7.13. The zero-order chi connectivity index (χ0) is 28.0. The third kappa shape index (κ3) is 7.41. The van der Waals surface area contributed by atoms with Gasteiger partial charge in [0.1, 0.15) is 5.76 Å². The van der Waals surface area contributed by atoms with E-state index in [1.807, 2.05) is 42.5 Å². The van der Waals surface area contributed by atoms with Crippen LogP contribution in [0.3, 0.4) is 0 Å². The normalized spacial score (nSPS) is 16.3. The molecule has 1 aromatic heterocycles. The highest BCUT2D eigenvalue weighted by Crippen LogP contribution is 2.36. The van der Waals surface area contributed by atoms with E-state index in [4.69, 9.17) is 13.9 Å². The van der Waals surface area contributed by atoms with Gasteiger partial charge >= 0.3 is 0 Å². The molecule has 1 fully saturated rings. The quantitative estimate of drug-likeness (QED) is 0.162. The maximum Gasteiger partial charge on any atom is 0.267 e. The second-order valence-corrected chi connectivity index (χ2v) is 11.7. The number of rotatable bonds is 9. The average Bonchev–Trinajstić information content (AvgIpc) is 3.52. The van der Waals surface area contributed by atoms with Gasteiger partial charge in [0.05, 0.1) is 37.6 Å². The largest absolute Gasteiger partial charge is 0.493 e. The number of amidine groups is 1. The van der Waals surface area contributed by atoms with Crippen LogP contribution < -0.4 is 9.47 Å². The van der Waals surface area contributed by atoms with Crippen LogP contribution in [0.25, 0.3) is 6.08 Å². The van der Waals surface area contributed by atoms with Gasteiger partial charge in [0.25, 0.3) is 5.91 Å². The maximum atomic E-state index is 13.4. The van der Waals surface area contributed by atoms with Crippen molar-refractivity contribution in [2.24, 2.45) is 16.1 Å². The lowest BCUT2D eigenvalue weighted by Crippen LogP contribution is -2.28. The van der Waals surface area contributed by atoms with Crippen molar-refractivity contribution in [3.05, 3.63) is 88.2 Å². The van der Waals surface area contributed by atoms with Gasteiger partial charge in [-0.1, -0.05) is 65.0 Å². The fourth-order valence-electron chi connectivity index (χ4n) is 3.80. The molecule has 0 atom stereocenters. The fourth-order valence-corrected chi connectivity index (χ4v) is 4.73. The van der Waals surface area contributed by atoms with E-state index in [2.05, 4.69) is 57.0 Å². The van der Waals surface area contributed by atoms with Crippen molar-refractivity contribution in [3.63, 3.8) is 0 Å². The molecule has 0 radical (unpaired) electrons. The molecule has 7 nitrogen and oxygen atoms in total. The van der Waals surface area contributed by atoms with Crippen LogP contribution in [0.15, 0.2) is 80.4 Å². The highest BCUT2D eigenvalue weighted by Gasteiger charge is 2.34. The minimum atomic E-state index is -0.168. The van der Waals surface area contributed by atoms with E-state index in [0.29, 0.717) is 39.9 Å². The molecule has 204 valence electrons. The Kier molecular flexibility index (Phi) is 8.97.